The number of amides is 2. The van der Waals surface area contributed by atoms with Crippen molar-refractivity contribution >= 4 is 40.7 Å². The van der Waals surface area contributed by atoms with Crippen LogP contribution >= 0.6 is 23.2 Å². The molecule has 3 heterocycles. The molecule has 0 saturated carbocycles. The lowest BCUT2D eigenvalue weighted by atomic mass is 9.71. The SMILES string of the molecule is O=C1NC[C@@H]2N[C@@]3(C(=O)Nc4cc(Cl)ccc43)[C@@H](c3cccc(Cl)c3F)[C@H]12. The maximum absolute atomic E-state index is 15.0. The molecule has 138 valence electrons. The predicted molar refractivity (Wildman–Crippen MR) is 99.3 cm³/mol. The standard InChI is InChI=1S/C19H14Cl2FN3O2/c20-8-4-5-10-12(6-8)24-18(27)19(10)15(9-2-1-3-11(21)16(9)22)14-13(25-19)7-23-17(14)26/h1-6,13-15,25H,7H2,(H,23,26)(H,24,27)/t13-,14+,15-,19+/m0/s1. The van der Waals surface area contributed by atoms with Gasteiger partial charge in [0.25, 0.3) is 0 Å². The highest BCUT2D eigenvalue weighted by Crippen LogP contribution is 2.55. The van der Waals surface area contributed by atoms with E-state index in [4.69, 9.17) is 23.2 Å². The van der Waals surface area contributed by atoms with Crippen LogP contribution in [-0.2, 0) is 15.1 Å². The van der Waals surface area contributed by atoms with Crippen molar-refractivity contribution in [2.24, 2.45) is 5.92 Å². The topological polar surface area (TPSA) is 70.2 Å². The summed E-state index contributed by atoms with van der Waals surface area (Å²) >= 11 is 12.1. The summed E-state index contributed by atoms with van der Waals surface area (Å²) in [5.41, 5.74) is 0.201. The molecule has 0 aliphatic carbocycles. The van der Waals surface area contributed by atoms with Crippen molar-refractivity contribution in [3.63, 3.8) is 0 Å². The lowest BCUT2D eigenvalue weighted by molar-refractivity contribution is -0.124. The Morgan fingerprint density at radius 3 is 2.78 bits per heavy atom. The maximum Gasteiger partial charge on any atom is 0.250 e. The van der Waals surface area contributed by atoms with Gasteiger partial charge in [-0.3, -0.25) is 14.9 Å². The minimum atomic E-state index is -1.27. The third-order valence-electron chi connectivity index (χ3n) is 5.80. The van der Waals surface area contributed by atoms with E-state index in [9.17, 15) is 14.0 Å². The van der Waals surface area contributed by atoms with Crippen LogP contribution in [0.2, 0.25) is 10.0 Å². The second-order valence-electron chi connectivity index (χ2n) is 7.09. The van der Waals surface area contributed by atoms with E-state index in [1.165, 1.54) is 6.07 Å². The van der Waals surface area contributed by atoms with Gasteiger partial charge in [-0.2, -0.15) is 0 Å². The van der Waals surface area contributed by atoms with E-state index in [0.29, 0.717) is 22.8 Å². The lowest BCUT2D eigenvalue weighted by Gasteiger charge is -2.32. The van der Waals surface area contributed by atoms with Crippen molar-refractivity contribution < 1.29 is 14.0 Å². The number of carbonyl (C=O) groups is 2. The maximum atomic E-state index is 15.0. The van der Waals surface area contributed by atoms with Gasteiger partial charge < -0.3 is 10.6 Å². The second-order valence-corrected chi connectivity index (χ2v) is 7.94. The van der Waals surface area contributed by atoms with Gasteiger partial charge in [-0.15, -0.1) is 0 Å². The number of anilines is 1. The van der Waals surface area contributed by atoms with Crippen molar-refractivity contribution in [1.29, 1.82) is 0 Å². The molecule has 1 spiro atoms. The van der Waals surface area contributed by atoms with Crippen LogP contribution in [0.25, 0.3) is 0 Å². The molecule has 2 amide bonds. The van der Waals surface area contributed by atoms with Crippen LogP contribution in [0.5, 0.6) is 0 Å². The van der Waals surface area contributed by atoms with Gasteiger partial charge in [0, 0.05) is 34.8 Å². The van der Waals surface area contributed by atoms with Crippen molar-refractivity contribution in [3.8, 4) is 0 Å². The number of nitrogens with one attached hydrogen (secondary N) is 3. The minimum Gasteiger partial charge on any atom is -0.354 e. The summed E-state index contributed by atoms with van der Waals surface area (Å²) in [7, 11) is 0. The van der Waals surface area contributed by atoms with Crippen LogP contribution in [0.3, 0.4) is 0 Å². The summed E-state index contributed by atoms with van der Waals surface area (Å²) in [6, 6.07) is 9.46. The highest BCUT2D eigenvalue weighted by atomic mass is 35.5. The molecule has 0 bridgehead atoms. The number of hydrogen-bond donors (Lipinski definition) is 3. The molecule has 2 fully saturated rings. The quantitative estimate of drug-likeness (QED) is 0.682. The lowest BCUT2D eigenvalue weighted by Crippen LogP contribution is -2.50. The number of benzene rings is 2. The molecule has 3 aliphatic rings. The third-order valence-corrected chi connectivity index (χ3v) is 6.33. The molecular weight excluding hydrogens is 392 g/mol. The fourth-order valence-corrected chi connectivity index (χ4v) is 5.11. The first-order chi connectivity index (χ1) is 12.9. The van der Waals surface area contributed by atoms with Crippen LogP contribution in [-0.4, -0.2) is 24.4 Å². The van der Waals surface area contributed by atoms with Gasteiger partial charge in [-0.25, -0.2) is 4.39 Å². The number of halogens is 3. The Balaban J connectivity index is 1.78. The van der Waals surface area contributed by atoms with E-state index in [0.717, 1.165) is 0 Å². The molecule has 0 aromatic heterocycles. The molecule has 27 heavy (non-hydrogen) atoms. The smallest absolute Gasteiger partial charge is 0.250 e. The van der Waals surface area contributed by atoms with Crippen LogP contribution < -0.4 is 16.0 Å². The van der Waals surface area contributed by atoms with Gasteiger partial charge in [0.2, 0.25) is 11.8 Å². The van der Waals surface area contributed by atoms with Crippen molar-refractivity contribution in [2.75, 3.05) is 11.9 Å². The van der Waals surface area contributed by atoms with E-state index in [1.54, 1.807) is 30.3 Å². The largest absolute Gasteiger partial charge is 0.354 e. The first-order valence-electron chi connectivity index (χ1n) is 8.54. The van der Waals surface area contributed by atoms with Gasteiger partial charge in [0.05, 0.1) is 10.9 Å². The highest BCUT2D eigenvalue weighted by molar-refractivity contribution is 6.31. The normalized spacial score (nSPS) is 31.0. The van der Waals surface area contributed by atoms with E-state index in [-0.39, 0.29) is 28.4 Å². The van der Waals surface area contributed by atoms with Gasteiger partial charge in [0.1, 0.15) is 11.4 Å². The molecule has 3 aliphatic heterocycles. The predicted octanol–water partition coefficient (Wildman–Crippen LogP) is 2.78. The van der Waals surface area contributed by atoms with E-state index in [2.05, 4.69) is 16.0 Å². The van der Waals surface area contributed by atoms with Crippen LogP contribution in [0.15, 0.2) is 36.4 Å². The first kappa shape index (κ1) is 17.0. The summed E-state index contributed by atoms with van der Waals surface area (Å²) in [6.45, 7) is 0.375. The molecule has 4 atom stereocenters. The summed E-state index contributed by atoms with van der Waals surface area (Å²) in [5, 5.41) is 9.40. The number of rotatable bonds is 1. The average molecular weight is 406 g/mol. The molecule has 8 heteroatoms. The van der Waals surface area contributed by atoms with Crippen molar-refractivity contribution in [3.05, 3.63) is 63.4 Å². The first-order valence-corrected chi connectivity index (χ1v) is 9.30. The Morgan fingerprint density at radius 1 is 1.15 bits per heavy atom. The highest BCUT2D eigenvalue weighted by Gasteiger charge is 2.65. The Labute approximate surface area is 164 Å². The van der Waals surface area contributed by atoms with Crippen molar-refractivity contribution in [2.45, 2.75) is 17.5 Å². The van der Waals surface area contributed by atoms with Gasteiger partial charge in [-0.1, -0.05) is 41.4 Å². The molecule has 5 nitrogen and oxygen atoms in total. The molecule has 0 unspecified atom stereocenters. The Kier molecular flexibility index (Phi) is 3.57. The Morgan fingerprint density at radius 2 is 1.96 bits per heavy atom. The summed E-state index contributed by atoms with van der Waals surface area (Å²) in [4.78, 5) is 25.8. The zero-order valence-electron chi connectivity index (χ0n) is 13.9. The number of carbonyl (C=O) groups excluding carboxylic acids is 2. The molecule has 5 rings (SSSR count). The zero-order chi connectivity index (χ0) is 18.9. The van der Waals surface area contributed by atoms with Crippen LogP contribution in [0.4, 0.5) is 10.1 Å². The van der Waals surface area contributed by atoms with Gasteiger partial charge in [-0.05, 0) is 23.8 Å². The molecule has 2 aromatic carbocycles. The van der Waals surface area contributed by atoms with E-state index >= 15 is 0 Å². The number of fused-ring (bicyclic) bond motifs is 3. The van der Waals surface area contributed by atoms with Crippen molar-refractivity contribution in [1.82, 2.24) is 10.6 Å². The van der Waals surface area contributed by atoms with E-state index in [1.807, 2.05) is 0 Å². The molecule has 2 saturated heterocycles. The second kappa shape index (κ2) is 5.67. The Hall–Kier alpha value is -2.15. The third kappa shape index (κ3) is 2.15. The molecular formula is C19H14Cl2FN3O2. The zero-order valence-corrected chi connectivity index (χ0v) is 15.4. The Bertz CT molecular complexity index is 1010. The van der Waals surface area contributed by atoms with Crippen LogP contribution in [0.1, 0.15) is 17.0 Å². The fraction of sp³-hybridized carbons (Fsp3) is 0.263. The summed E-state index contributed by atoms with van der Waals surface area (Å²) in [6.07, 6.45) is 0. The van der Waals surface area contributed by atoms with Gasteiger partial charge in [0.15, 0.2) is 0 Å². The van der Waals surface area contributed by atoms with Gasteiger partial charge >= 0.3 is 0 Å². The van der Waals surface area contributed by atoms with E-state index < -0.39 is 23.2 Å². The molecule has 0 radical (unpaired) electrons. The van der Waals surface area contributed by atoms with Crippen LogP contribution in [0, 0.1) is 11.7 Å². The molecule has 3 N–H and O–H groups in total. The minimum absolute atomic E-state index is 0.0424. The summed E-state index contributed by atoms with van der Waals surface area (Å²) < 4.78 is 15.0. The average Bonchev–Trinajstić information content (AvgIpc) is 3.24. The summed E-state index contributed by atoms with van der Waals surface area (Å²) in [5.74, 6) is -2.48. The molecule has 2 aromatic rings. The number of hydrogen-bond acceptors (Lipinski definition) is 3. The monoisotopic (exact) mass is 405 g/mol. The fourth-order valence-electron chi connectivity index (χ4n) is 4.76.